The topological polar surface area (TPSA) is 52.3 Å². The van der Waals surface area contributed by atoms with Crippen molar-refractivity contribution in [2.24, 2.45) is 11.7 Å². The average molecular weight is 185 g/mol. The molecule has 0 aromatic heterocycles. The number of hydrogen-bond donors (Lipinski definition) is 1. The van der Waals surface area contributed by atoms with Crippen LogP contribution in [-0.4, -0.2) is 18.6 Å². The Hall–Kier alpha value is -0.570. The number of ether oxygens (including phenoxy) is 1. The van der Waals surface area contributed by atoms with Gasteiger partial charge in [-0.1, -0.05) is 19.8 Å². The number of rotatable bonds is 6. The molecule has 0 spiro atoms. The first kappa shape index (κ1) is 10.5. The molecule has 0 aliphatic heterocycles. The second-order valence-electron chi connectivity index (χ2n) is 3.82. The Kier molecular flexibility index (Phi) is 4.22. The molecular formula is C10H19NO2. The number of unbranched alkanes of at least 4 members (excludes halogenated alkanes) is 1. The van der Waals surface area contributed by atoms with Gasteiger partial charge in [-0.3, -0.25) is 4.79 Å². The van der Waals surface area contributed by atoms with Crippen molar-refractivity contribution in [3.8, 4) is 0 Å². The number of carbonyl (C=O) groups is 1. The molecule has 1 aliphatic carbocycles. The van der Waals surface area contributed by atoms with Crippen molar-refractivity contribution in [2.45, 2.75) is 45.1 Å². The van der Waals surface area contributed by atoms with Gasteiger partial charge in [0.05, 0.1) is 6.61 Å². The third-order valence-corrected chi connectivity index (χ3v) is 2.33. The molecule has 3 heteroatoms. The Balaban J connectivity index is 2.05. The van der Waals surface area contributed by atoms with Gasteiger partial charge in [-0.25, -0.2) is 0 Å². The second kappa shape index (κ2) is 5.22. The fourth-order valence-corrected chi connectivity index (χ4v) is 1.13. The normalized spacial score (nSPS) is 18.3. The first-order valence-corrected chi connectivity index (χ1v) is 5.16. The zero-order valence-electron chi connectivity index (χ0n) is 8.29. The zero-order chi connectivity index (χ0) is 9.68. The summed E-state index contributed by atoms with van der Waals surface area (Å²) in [5.74, 6) is 0.405. The molecule has 1 atom stereocenters. The largest absolute Gasteiger partial charge is 0.464 e. The predicted octanol–water partition coefficient (Wildman–Crippen LogP) is 1.46. The molecule has 0 aromatic carbocycles. The highest BCUT2D eigenvalue weighted by Crippen LogP contribution is 2.28. The summed E-state index contributed by atoms with van der Waals surface area (Å²) in [6.07, 6.45) is 5.23. The van der Waals surface area contributed by atoms with E-state index in [9.17, 15) is 4.79 Å². The monoisotopic (exact) mass is 185 g/mol. The molecule has 13 heavy (non-hydrogen) atoms. The maximum Gasteiger partial charge on any atom is 0.322 e. The number of carbonyl (C=O) groups excluding carboxylic acids is 1. The lowest BCUT2D eigenvalue weighted by Crippen LogP contribution is -2.32. The standard InChI is InChI=1S/C10H19NO2/c1-2-3-4-9(11)10(12)13-7-8-5-6-8/h8-9H,2-7,11H2,1H3. The van der Waals surface area contributed by atoms with E-state index in [-0.39, 0.29) is 5.97 Å². The quantitative estimate of drug-likeness (QED) is 0.637. The average Bonchev–Trinajstić information content (AvgIpc) is 2.93. The van der Waals surface area contributed by atoms with Crippen LogP contribution in [-0.2, 0) is 9.53 Å². The van der Waals surface area contributed by atoms with E-state index in [1.54, 1.807) is 0 Å². The van der Waals surface area contributed by atoms with E-state index in [1.807, 2.05) is 0 Å². The van der Waals surface area contributed by atoms with Gasteiger partial charge in [-0.05, 0) is 25.2 Å². The molecule has 0 aromatic rings. The molecule has 1 saturated carbocycles. The molecule has 0 amide bonds. The van der Waals surface area contributed by atoms with Crippen molar-refractivity contribution in [2.75, 3.05) is 6.61 Å². The Bertz CT molecular complexity index is 166. The van der Waals surface area contributed by atoms with Crippen LogP contribution in [0.3, 0.4) is 0 Å². The first-order valence-electron chi connectivity index (χ1n) is 5.16. The molecule has 0 bridgehead atoms. The molecular weight excluding hydrogens is 166 g/mol. The maximum absolute atomic E-state index is 11.2. The van der Waals surface area contributed by atoms with Crippen molar-refractivity contribution in [1.29, 1.82) is 0 Å². The summed E-state index contributed by atoms with van der Waals surface area (Å²) in [5, 5.41) is 0. The highest BCUT2D eigenvalue weighted by Gasteiger charge is 2.24. The summed E-state index contributed by atoms with van der Waals surface area (Å²) >= 11 is 0. The fourth-order valence-electron chi connectivity index (χ4n) is 1.13. The van der Waals surface area contributed by atoms with Crippen molar-refractivity contribution in [3.63, 3.8) is 0 Å². The van der Waals surface area contributed by atoms with Gasteiger partial charge in [0.25, 0.3) is 0 Å². The molecule has 0 saturated heterocycles. The van der Waals surface area contributed by atoms with Gasteiger partial charge in [0.15, 0.2) is 0 Å². The molecule has 2 N–H and O–H groups in total. The summed E-state index contributed by atoms with van der Waals surface area (Å²) in [7, 11) is 0. The van der Waals surface area contributed by atoms with Gasteiger partial charge in [0.1, 0.15) is 6.04 Å². The van der Waals surface area contributed by atoms with Gasteiger partial charge >= 0.3 is 5.97 Å². The van der Waals surface area contributed by atoms with Crippen LogP contribution in [0.15, 0.2) is 0 Å². The van der Waals surface area contributed by atoms with Crippen molar-refractivity contribution < 1.29 is 9.53 Å². The third kappa shape index (κ3) is 4.27. The first-order chi connectivity index (χ1) is 6.24. The van der Waals surface area contributed by atoms with Gasteiger partial charge in [-0.15, -0.1) is 0 Å². The van der Waals surface area contributed by atoms with Crippen LogP contribution in [0.25, 0.3) is 0 Å². The highest BCUT2D eigenvalue weighted by molar-refractivity contribution is 5.75. The fraction of sp³-hybridized carbons (Fsp3) is 0.900. The summed E-state index contributed by atoms with van der Waals surface area (Å²) in [6, 6.07) is -0.404. The Morgan fingerprint density at radius 2 is 2.31 bits per heavy atom. The summed E-state index contributed by atoms with van der Waals surface area (Å²) in [5.41, 5.74) is 5.64. The summed E-state index contributed by atoms with van der Waals surface area (Å²) < 4.78 is 5.06. The lowest BCUT2D eigenvalue weighted by atomic mass is 10.1. The number of nitrogens with two attached hydrogens (primary N) is 1. The highest BCUT2D eigenvalue weighted by atomic mass is 16.5. The number of esters is 1. The Morgan fingerprint density at radius 3 is 2.85 bits per heavy atom. The smallest absolute Gasteiger partial charge is 0.322 e. The Morgan fingerprint density at radius 1 is 1.62 bits per heavy atom. The second-order valence-corrected chi connectivity index (χ2v) is 3.82. The lowest BCUT2D eigenvalue weighted by Gasteiger charge is -2.10. The van der Waals surface area contributed by atoms with Crippen molar-refractivity contribution in [1.82, 2.24) is 0 Å². The molecule has 1 fully saturated rings. The third-order valence-electron chi connectivity index (χ3n) is 2.33. The summed E-state index contributed by atoms with van der Waals surface area (Å²) in [4.78, 5) is 11.2. The molecule has 76 valence electrons. The summed E-state index contributed by atoms with van der Waals surface area (Å²) in [6.45, 7) is 2.67. The van der Waals surface area contributed by atoms with Crippen LogP contribution in [0.4, 0.5) is 0 Å². The van der Waals surface area contributed by atoms with Crippen LogP contribution < -0.4 is 5.73 Å². The van der Waals surface area contributed by atoms with E-state index in [2.05, 4.69) is 6.92 Å². The van der Waals surface area contributed by atoms with Gasteiger partial charge in [0.2, 0.25) is 0 Å². The van der Waals surface area contributed by atoms with E-state index < -0.39 is 6.04 Å². The molecule has 1 rings (SSSR count). The Labute approximate surface area is 79.6 Å². The minimum Gasteiger partial charge on any atom is -0.464 e. The van der Waals surface area contributed by atoms with E-state index in [0.29, 0.717) is 12.5 Å². The van der Waals surface area contributed by atoms with Crippen LogP contribution in [0.5, 0.6) is 0 Å². The lowest BCUT2D eigenvalue weighted by molar-refractivity contribution is -0.145. The molecule has 3 nitrogen and oxygen atoms in total. The van der Waals surface area contributed by atoms with Gasteiger partial charge in [-0.2, -0.15) is 0 Å². The van der Waals surface area contributed by atoms with E-state index >= 15 is 0 Å². The molecule has 0 radical (unpaired) electrons. The predicted molar refractivity (Wildman–Crippen MR) is 51.2 cm³/mol. The van der Waals surface area contributed by atoms with Crippen molar-refractivity contribution >= 4 is 5.97 Å². The minimum absolute atomic E-state index is 0.222. The van der Waals surface area contributed by atoms with E-state index in [0.717, 1.165) is 19.3 Å². The molecule has 1 unspecified atom stereocenters. The minimum atomic E-state index is -0.404. The van der Waals surface area contributed by atoms with E-state index in [1.165, 1.54) is 12.8 Å². The number of hydrogen-bond acceptors (Lipinski definition) is 3. The van der Waals surface area contributed by atoms with Crippen LogP contribution in [0.2, 0.25) is 0 Å². The molecule has 0 heterocycles. The van der Waals surface area contributed by atoms with Gasteiger partial charge in [0, 0.05) is 0 Å². The molecule has 1 aliphatic rings. The maximum atomic E-state index is 11.2. The van der Waals surface area contributed by atoms with Gasteiger partial charge < -0.3 is 10.5 Å². The van der Waals surface area contributed by atoms with E-state index in [4.69, 9.17) is 10.5 Å². The zero-order valence-corrected chi connectivity index (χ0v) is 8.29. The van der Waals surface area contributed by atoms with Crippen LogP contribution in [0, 0.1) is 5.92 Å². The van der Waals surface area contributed by atoms with Crippen molar-refractivity contribution in [3.05, 3.63) is 0 Å². The SMILES string of the molecule is CCCCC(N)C(=O)OCC1CC1. The van der Waals surface area contributed by atoms with Crippen LogP contribution >= 0.6 is 0 Å². The van der Waals surface area contributed by atoms with Crippen LogP contribution in [0.1, 0.15) is 39.0 Å².